The fourth-order valence-electron chi connectivity index (χ4n) is 4.75. The third kappa shape index (κ3) is 6.23. The number of amides is 3. The van der Waals surface area contributed by atoms with E-state index in [1.807, 2.05) is 0 Å². The molecule has 0 bridgehead atoms. The van der Waals surface area contributed by atoms with Gasteiger partial charge < -0.3 is 34.7 Å². The van der Waals surface area contributed by atoms with Crippen molar-refractivity contribution in [1.29, 1.82) is 0 Å². The number of benzene rings is 2. The lowest BCUT2D eigenvalue weighted by molar-refractivity contribution is -0.151. The molecule has 2 aromatic rings. The van der Waals surface area contributed by atoms with Crippen molar-refractivity contribution >= 4 is 47.4 Å². The monoisotopic (exact) mass is 625 g/mol. The number of hydrogen-bond donors (Lipinski definition) is 3. The number of fused-ring (bicyclic) bond motifs is 1. The number of carboxylic acid groups (broad SMARTS) is 1. The Morgan fingerprint density at radius 2 is 1.73 bits per heavy atom. The first kappa shape index (κ1) is 30.6. The van der Waals surface area contributed by atoms with Crippen molar-refractivity contribution < 1.29 is 52.8 Å². The molecule has 0 radical (unpaired) electrons. The smallest absolute Gasteiger partial charge is 0.352 e. The molecule has 0 spiro atoms. The van der Waals surface area contributed by atoms with Gasteiger partial charge in [-0.3, -0.25) is 24.1 Å². The third-order valence-electron chi connectivity index (χ3n) is 6.94. The number of methoxy groups -OCH3 is 1. The van der Waals surface area contributed by atoms with Crippen molar-refractivity contribution in [3.63, 3.8) is 0 Å². The van der Waals surface area contributed by atoms with Gasteiger partial charge in [0.1, 0.15) is 29.8 Å². The van der Waals surface area contributed by atoms with Gasteiger partial charge in [0.05, 0.1) is 7.11 Å². The molecule has 1 unspecified atom stereocenters. The second-order valence-electron chi connectivity index (χ2n) is 9.84. The maximum absolute atomic E-state index is 13.5. The van der Waals surface area contributed by atoms with E-state index in [2.05, 4.69) is 10.6 Å². The van der Waals surface area contributed by atoms with Gasteiger partial charge in [-0.2, -0.15) is 0 Å². The molecule has 3 aliphatic rings. The lowest BCUT2D eigenvalue weighted by Crippen LogP contribution is -2.71. The van der Waals surface area contributed by atoms with Crippen LogP contribution in [0.1, 0.15) is 18.5 Å². The lowest BCUT2D eigenvalue weighted by Gasteiger charge is -2.49. The molecule has 5 rings (SSSR count). The SMILES string of the molecule is COc1ccccc1OC(=O)[C@H]1O[C@H]1C(=O)NC(C(=O)N[C@@H]1C(=O)N2C(C(=O)O)=C(COC(C)=O)CS[C@H]12)c1ccccc1. The van der Waals surface area contributed by atoms with E-state index in [-0.39, 0.29) is 29.4 Å². The van der Waals surface area contributed by atoms with Crippen LogP contribution in [0.3, 0.4) is 0 Å². The Hall–Kier alpha value is -4.89. The van der Waals surface area contributed by atoms with Gasteiger partial charge in [0.2, 0.25) is 5.91 Å². The summed E-state index contributed by atoms with van der Waals surface area (Å²) in [5, 5.41) is 14.2. The van der Waals surface area contributed by atoms with Crippen molar-refractivity contribution in [2.24, 2.45) is 0 Å². The van der Waals surface area contributed by atoms with Crippen LogP contribution in [0.4, 0.5) is 0 Å². The summed E-state index contributed by atoms with van der Waals surface area (Å²) in [6, 6.07) is 12.3. The van der Waals surface area contributed by atoms with Crippen LogP contribution in [0, 0.1) is 0 Å². The zero-order chi connectivity index (χ0) is 31.5. The summed E-state index contributed by atoms with van der Waals surface area (Å²) in [7, 11) is 1.41. The van der Waals surface area contributed by atoms with Gasteiger partial charge >= 0.3 is 17.9 Å². The number of thioether (sulfide) groups is 1. The number of esters is 2. The molecule has 230 valence electrons. The molecule has 14 nitrogen and oxygen atoms in total. The van der Waals surface area contributed by atoms with E-state index in [0.29, 0.717) is 11.3 Å². The first-order valence-electron chi connectivity index (χ1n) is 13.3. The summed E-state index contributed by atoms with van der Waals surface area (Å²) in [5.74, 6) is -4.33. The Kier molecular flexibility index (Phi) is 8.87. The number of ether oxygens (including phenoxy) is 4. The molecule has 3 N–H and O–H groups in total. The van der Waals surface area contributed by atoms with Gasteiger partial charge in [0.15, 0.2) is 23.7 Å². The number of hydrogen-bond acceptors (Lipinski definition) is 11. The molecule has 0 aromatic heterocycles. The quantitative estimate of drug-likeness (QED) is 0.136. The largest absolute Gasteiger partial charge is 0.493 e. The van der Waals surface area contributed by atoms with Crippen LogP contribution in [0.15, 0.2) is 65.9 Å². The van der Waals surface area contributed by atoms with Crippen LogP contribution in [0.2, 0.25) is 0 Å². The molecule has 2 fully saturated rings. The number of carbonyl (C=O) groups excluding carboxylic acids is 5. The molecule has 15 heteroatoms. The van der Waals surface area contributed by atoms with Crippen LogP contribution >= 0.6 is 11.8 Å². The Balaban J connectivity index is 1.25. The predicted molar refractivity (Wildman–Crippen MR) is 151 cm³/mol. The number of rotatable bonds is 11. The van der Waals surface area contributed by atoms with Crippen molar-refractivity contribution in [3.05, 3.63) is 71.4 Å². The summed E-state index contributed by atoms with van der Waals surface area (Å²) in [6.45, 7) is 0.904. The number of aliphatic carboxylic acids is 1. The van der Waals surface area contributed by atoms with E-state index in [4.69, 9.17) is 18.9 Å². The molecule has 2 aromatic carbocycles. The number of epoxide rings is 1. The zero-order valence-corrected chi connectivity index (χ0v) is 24.2. The van der Waals surface area contributed by atoms with Gasteiger partial charge in [0, 0.05) is 18.2 Å². The number of nitrogens with zero attached hydrogens (tertiary/aromatic N) is 1. The second-order valence-corrected chi connectivity index (χ2v) is 10.9. The fraction of sp³-hybridized carbons (Fsp3) is 0.310. The number of carbonyl (C=O) groups is 6. The highest BCUT2D eigenvalue weighted by Crippen LogP contribution is 2.40. The van der Waals surface area contributed by atoms with E-state index in [0.717, 1.165) is 4.90 Å². The van der Waals surface area contributed by atoms with Gasteiger partial charge in [0.25, 0.3) is 11.8 Å². The maximum Gasteiger partial charge on any atom is 0.352 e. The Morgan fingerprint density at radius 1 is 1.05 bits per heavy atom. The Labute approximate surface area is 254 Å². The van der Waals surface area contributed by atoms with E-state index < -0.39 is 65.3 Å². The van der Waals surface area contributed by atoms with Gasteiger partial charge in [-0.1, -0.05) is 42.5 Å². The van der Waals surface area contributed by atoms with Crippen LogP contribution in [0.25, 0.3) is 0 Å². The van der Waals surface area contributed by atoms with Crippen molar-refractivity contribution in [2.45, 2.75) is 36.6 Å². The fourth-order valence-corrected chi connectivity index (χ4v) is 6.08. The number of nitrogens with one attached hydrogen (secondary N) is 2. The average Bonchev–Trinajstić information content (AvgIpc) is 3.83. The minimum absolute atomic E-state index is 0.149. The first-order chi connectivity index (χ1) is 21.1. The van der Waals surface area contributed by atoms with E-state index in [9.17, 15) is 33.9 Å². The molecule has 44 heavy (non-hydrogen) atoms. The molecule has 2 saturated heterocycles. The summed E-state index contributed by atoms with van der Waals surface area (Å²) in [5.41, 5.74) is 0.349. The normalized spacial score (nSPS) is 22.5. The van der Waals surface area contributed by atoms with Crippen molar-refractivity contribution in [2.75, 3.05) is 19.5 Å². The minimum atomic E-state index is -1.37. The molecule has 0 aliphatic carbocycles. The zero-order valence-electron chi connectivity index (χ0n) is 23.4. The number of β-lactam (4-membered cyclic amide) rings is 1. The third-order valence-corrected chi connectivity index (χ3v) is 8.28. The lowest BCUT2D eigenvalue weighted by atomic mass is 10.0. The Bertz CT molecular complexity index is 1550. The topological polar surface area (TPSA) is 190 Å². The summed E-state index contributed by atoms with van der Waals surface area (Å²) in [4.78, 5) is 76.5. The highest BCUT2D eigenvalue weighted by molar-refractivity contribution is 8.00. The molecular weight excluding hydrogens is 598 g/mol. The molecular formula is C29H27N3O11S. The molecule has 3 aliphatic heterocycles. The average molecular weight is 626 g/mol. The van der Waals surface area contributed by atoms with E-state index in [1.165, 1.54) is 31.9 Å². The summed E-state index contributed by atoms with van der Waals surface area (Å²) >= 11 is 1.20. The first-order valence-corrected chi connectivity index (χ1v) is 14.3. The highest BCUT2D eigenvalue weighted by atomic mass is 32.2. The standard InChI is InChI=1S/C29H27N3O11S/c1-14(33)41-12-16-13-44-27-20(26(36)32(27)21(16)28(37)38)31-24(34)19(15-8-4-3-5-9-15)30-25(35)22-23(43-22)29(39)42-18-11-7-6-10-17(18)40-2/h3-11,19-20,22-23,27H,12-13H2,1-2H3,(H,30,35)(H,31,34)(H,37,38)/t19?,20-,22-,23+,27-/m1/s1. The minimum Gasteiger partial charge on any atom is -0.493 e. The molecule has 3 heterocycles. The van der Waals surface area contributed by atoms with E-state index in [1.54, 1.807) is 48.5 Å². The molecule has 3 amide bonds. The predicted octanol–water partition coefficient (Wildman–Crippen LogP) is 0.527. The number of carboxylic acids is 1. The van der Waals surface area contributed by atoms with Crippen molar-refractivity contribution in [3.8, 4) is 11.5 Å². The van der Waals surface area contributed by atoms with Gasteiger partial charge in [-0.15, -0.1) is 11.8 Å². The second kappa shape index (κ2) is 12.8. The maximum atomic E-state index is 13.5. The Morgan fingerprint density at radius 3 is 2.39 bits per heavy atom. The molecule has 5 atom stereocenters. The summed E-state index contributed by atoms with van der Waals surface area (Å²) in [6.07, 6.45) is -2.42. The van der Waals surface area contributed by atoms with Crippen LogP contribution in [-0.4, -0.2) is 88.7 Å². The van der Waals surface area contributed by atoms with Crippen LogP contribution in [0.5, 0.6) is 11.5 Å². The highest BCUT2D eigenvalue weighted by Gasteiger charge is 2.55. The van der Waals surface area contributed by atoms with Crippen molar-refractivity contribution in [1.82, 2.24) is 15.5 Å². The van der Waals surface area contributed by atoms with E-state index >= 15 is 0 Å². The summed E-state index contributed by atoms with van der Waals surface area (Å²) < 4.78 is 20.7. The van der Waals surface area contributed by atoms with Crippen LogP contribution < -0.4 is 20.1 Å². The van der Waals surface area contributed by atoms with Crippen LogP contribution in [-0.2, 0) is 38.2 Å². The van der Waals surface area contributed by atoms with Gasteiger partial charge in [-0.25, -0.2) is 9.59 Å². The number of para-hydroxylation sites is 2. The van der Waals surface area contributed by atoms with Gasteiger partial charge in [-0.05, 0) is 17.7 Å². The molecule has 0 saturated carbocycles.